The maximum Gasteiger partial charge on any atom is 0.160 e. The van der Waals surface area contributed by atoms with Crippen molar-refractivity contribution >= 4 is 0 Å². The Balaban J connectivity index is 1.80. The van der Waals surface area contributed by atoms with Crippen LogP contribution in [-0.2, 0) is 11.2 Å². The highest BCUT2D eigenvalue weighted by Gasteiger charge is 2.25. The first-order valence-electron chi connectivity index (χ1n) is 9.34. The zero-order valence-corrected chi connectivity index (χ0v) is 15.7. The van der Waals surface area contributed by atoms with E-state index in [-0.39, 0.29) is 6.10 Å². The van der Waals surface area contributed by atoms with Crippen molar-refractivity contribution in [1.29, 1.82) is 0 Å². The van der Waals surface area contributed by atoms with Gasteiger partial charge in [-0.15, -0.1) is 0 Å². The fourth-order valence-corrected chi connectivity index (χ4v) is 3.36. The molecule has 0 spiro atoms. The molecule has 0 bridgehead atoms. The number of benzene rings is 1. The molecule has 5 heteroatoms. The summed E-state index contributed by atoms with van der Waals surface area (Å²) in [5.74, 6) is 1.49. The molecule has 142 valence electrons. The monoisotopic (exact) mass is 353 g/mol. The molecular formula is C20H32FNO3. The van der Waals surface area contributed by atoms with E-state index in [0.29, 0.717) is 19.1 Å². The Morgan fingerprint density at radius 2 is 1.92 bits per heavy atom. The van der Waals surface area contributed by atoms with Crippen LogP contribution in [-0.4, -0.2) is 45.7 Å². The van der Waals surface area contributed by atoms with Crippen LogP contribution in [0, 0.1) is 0 Å². The lowest BCUT2D eigenvalue weighted by atomic mass is 9.92. The summed E-state index contributed by atoms with van der Waals surface area (Å²) in [5.41, 5.74) is 1.17. The van der Waals surface area contributed by atoms with Gasteiger partial charge in [-0.25, -0.2) is 4.39 Å². The quantitative estimate of drug-likeness (QED) is 0.692. The fraction of sp³-hybridized carbons (Fsp3) is 0.700. The van der Waals surface area contributed by atoms with Crippen LogP contribution in [0.15, 0.2) is 18.2 Å². The van der Waals surface area contributed by atoms with Crippen LogP contribution < -0.4 is 14.8 Å². The predicted octanol–water partition coefficient (Wildman–Crippen LogP) is 3.91. The lowest BCUT2D eigenvalue weighted by Gasteiger charge is -2.32. The smallest absolute Gasteiger partial charge is 0.160 e. The molecule has 4 nitrogen and oxygen atoms in total. The molecule has 0 amide bonds. The largest absolute Gasteiger partial charge is 0.493 e. The Morgan fingerprint density at radius 1 is 1.16 bits per heavy atom. The maximum absolute atomic E-state index is 13.0. The third kappa shape index (κ3) is 6.48. The molecule has 0 heterocycles. The van der Waals surface area contributed by atoms with Gasteiger partial charge in [-0.05, 0) is 56.8 Å². The topological polar surface area (TPSA) is 39.7 Å². The van der Waals surface area contributed by atoms with Gasteiger partial charge in [0.15, 0.2) is 11.5 Å². The highest BCUT2D eigenvalue weighted by molar-refractivity contribution is 5.42. The SMILES string of the molecule is COc1ccc(CCOC2CCCC[C@H]2NCCC(C)F)cc1OC. The summed E-state index contributed by atoms with van der Waals surface area (Å²) in [5, 5.41) is 3.48. The zero-order chi connectivity index (χ0) is 18.1. The molecule has 1 saturated carbocycles. The molecule has 2 unspecified atom stereocenters. The molecule has 1 N–H and O–H groups in total. The minimum atomic E-state index is -0.750. The first-order chi connectivity index (χ1) is 12.1. The van der Waals surface area contributed by atoms with Gasteiger partial charge < -0.3 is 19.5 Å². The average molecular weight is 353 g/mol. The second-order valence-corrected chi connectivity index (χ2v) is 6.76. The van der Waals surface area contributed by atoms with E-state index in [4.69, 9.17) is 14.2 Å². The van der Waals surface area contributed by atoms with Gasteiger partial charge in [-0.2, -0.15) is 0 Å². The molecule has 0 saturated heterocycles. The molecule has 3 atom stereocenters. The number of ether oxygens (including phenoxy) is 3. The van der Waals surface area contributed by atoms with Gasteiger partial charge in [0.1, 0.15) is 0 Å². The van der Waals surface area contributed by atoms with Gasteiger partial charge in [0, 0.05) is 6.04 Å². The van der Waals surface area contributed by atoms with Crippen LogP contribution in [0.2, 0.25) is 0 Å². The average Bonchev–Trinajstić information content (AvgIpc) is 2.62. The van der Waals surface area contributed by atoms with Crippen molar-refractivity contribution in [2.75, 3.05) is 27.4 Å². The predicted molar refractivity (Wildman–Crippen MR) is 98.4 cm³/mol. The highest BCUT2D eigenvalue weighted by Crippen LogP contribution is 2.28. The number of alkyl halides is 1. The first kappa shape index (κ1) is 20.0. The number of halogens is 1. The van der Waals surface area contributed by atoms with Crippen LogP contribution in [0.1, 0.15) is 44.6 Å². The number of nitrogens with one attached hydrogen (secondary N) is 1. The zero-order valence-electron chi connectivity index (χ0n) is 15.7. The van der Waals surface area contributed by atoms with Gasteiger partial charge in [-0.1, -0.05) is 18.9 Å². The summed E-state index contributed by atoms with van der Waals surface area (Å²) in [7, 11) is 3.29. The standard InChI is InChI=1S/C20H32FNO3/c1-15(21)10-12-22-17-6-4-5-7-18(17)25-13-11-16-8-9-19(23-2)20(14-16)24-3/h8-9,14-15,17-18,22H,4-7,10-13H2,1-3H3/t15?,17-,18?/m1/s1. The van der Waals surface area contributed by atoms with Crippen LogP contribution in [0.3, 0.4) is 0 Å². The first-order valence-corrected chi connectivity index (χ1v) is 9.34. The van der Waals surface area contributed by atoms with Crippen molar-refractivity contribution in [3.63, 3.8) is 0 Å². The van der Waals surface area contributed by atoms with Gasteiger partial charge in [0.05, 0.1) is 33.1 Å². The molecule has 1 fully saturated rings. The second kappa shape index (κ2) is 10.6. The van der Waals surface area contributed by atoms with Crippen LogP contribution in [0.25, 0.3) is 0 Å². The van der Waals surface area contributed by atoms with E-state index >= 15 is 0 Å². The molecule has 1 aliphatic rings. The van der Waals surface area contributed by atoms with Crippen molar-refractivity contribution in [3.8, 4) is 11.5 Å². The summed E-state index contributed by atoms with van der Waals surface area (Å²) in [6, 6.07) is 6.32. The van der Waals surface area contributed by atoms with Crippen molar-refractivity contribution in [1.82, 2.24) is 5.32 Å². The Bertz CT molecular complexity index is 510. The lowest BCUT2D eigenvalue weighted by Crippen LogP contribution is -2.44. The summed E-state index contributed by atoms with van der Waals surface area (Å²) in [6.07, 6.45) is 5.50. The molecule has 2 rings (SSSR count). The van der Waals surface area contributed by atoms with Crippen LogP contribution >= 0.6 is 0 Å². The summed E-state index contributed by atoms with van der Waals surface area (Å²) < 4.78 is 29.7. The number of hydrogen-bond donors (Lipinski definition) is 1. The summed E-state index contributed by atoms with van der Waals surface area (Å²) >= 11 is 0. The normalized spacial score (nSPS) is 21.8. The Kier molecular flexibility index (Phi) is 8.49. The van der Waals surface area contributed by atoms with Crippen LogP contribution in [0.4, 0.5) is 4.39 Å². The van der Waals surface area contributed by atoms with E-state index in [9.17, 15) is 4.39 Å². The molecule has 1 aromatic rings. The van der Waals surface area contributed by atoms with E-state index < -0.39 is 6.17 Å². The van der Waals surface area contributed by atoms with Gasteiger partial charge in [-0.3, -0.25) is 0 Å². The van der Waals surface area contributed by atoms with Gasteiger partial charge in [0.25, 0.3) is 0 Å². The van der Waals surface area contributed by atoms with E-state index in [0.717, 1.165) is 37.3 Å². The minimum absolute atomic E-state index is 0.226. The summed E-state index contributed by atoms with van der Waals surface area (Å²) in [6.45, 7) is 3.01. The third-order valence-electron chi connectivity index (χ3n) is 4.82. The van der Waals surface area contributed by atoms with Crippen molar-refractivity contribution < 1.29 is 18.6 Å². The number of methoxy groups -OCH3 is 2. The Morgan fingerprint density at radius 3 is 2.64 bits per heavy atom. The fourth-order valence-electron chi connectivity index (χ4n) is 3.36. The van der Waals surface area contributed by atoms with Crippen molar-refractivity contribution in [2.24, 2.45) is 0 Å². The lowest BCUT2D eigenvalue weighted by molar-refractivity contribution is 0.00641. The van der Waals surface area contributed by atoms with Crippen molar-refractivity contribution in [3.05, 3.63) is 23.8 Å². The molecule has 25 heavy (non-hydrogen) atoms. The Hall–Kier alpha value is -1.33. The maximum atomic E-state index is 13.0. The molecular weight excluding hydrogens is 321 g/mol. The Labute approximate surface area is 151 Å². The van der Waals surface area contributed by atoms with E-state index in [2.05, 4.69) is 5.32 Å². The third-order valence-corrected chi connectivity index (χ3v) is 4.82. The number of rotatable bonds is 10. The highest BCUT2D eigenvalue weighted by atomic mass is 19.1. The van der Waals surface area contributed by atoms with Gasteiger partial charge in [0.2, 0.25) is 0 Å². The molecule has 1 aliphatic carbocycles. The molecule has 0 radical (unpaired) electrons. The van der Waals surface area contributed by atoms with E-state index in [1.807, 2.05) is 18.2 Å². The second-order valence-electron chi connectivity index (χ2n) is 6.76. The van der Waals surface area contributed by atoms with E-state index in [1.165, 1.54) is 18.4 Å². The molecule has 0 aliphatic heterocycles. The minimum Gasteiger partial charge on any atom is -0.493 e. The molecule has 1 aromatic carbocycles. The summed E-state index contributed by atoms with van der Waals surface area (Å²) in [4.78, 5) is 0. The van der Waals surface area contributed by atoms with E-state index in [1.54, 1.807) is 21.1 Å². The van der Waals surface area contributed by atoms with Gasteiger partial charge >= 0.3 is 0 Å². The molecule has 0 aromatic heterocycles. The van der Waals surface area contributed by atoms with Crippen molar-refractivity contribution in [2.45, 2.75) is 63.8 Å². The number of hydrogen-bond acceptors (Lipinski definition) is 4. The van der Waals surface area contributed by atoms with Crippen LogP contribution in [0.5, 0.6) is 11.5 Å².